The van der Waals surface area contributed by atoms with Crippen LogP contribution in [0.15, 0.2) is 36.4 Å². The number of nitrogens with zero attached hydrogens (tertiary/aromatic N) is 2. The van der Waals surface area contributed by atoms with E-state index < -0.39 is 20.2 Å². The molecule has 2 aromatic rings. The molecule has 1 heterocycles. The van der Waals surface area contributed by atoms with Crippen molar-refractivity contribution in [2.75, 3.05) is 58.3 Å². The second-order valence-corrected chi connectivity index (χ2v) is 12.7. The first-order valence-electron chi connectivity index (χ1n) is 12.2. The van der Waals surface area contributed by atoms with Gasteiger partial charge in [-0.2, -0.15) is 16.8 Å². The van der Waals surface area contributed by atoms with E-state index >= 15 is 0 Å². The fourth-order valence-corrected chi connectivity index (χ4v) is 4.86. The number of likely N-dealkylation sites (N-methyl/N-ethyl adjacent to an activating group) is 2. The van der Waals surface area contributed by atoms with Gasteiger partial charge in [-0.25, -0.2) is 0 Å². The minimum Gasteiger partial charge on any atom is -0.496 e. The normalized spacial score (nSPS) is 16.6. The molecule has 0 saturated carbocycles. The lowest BCUT2D eigenvalue weighted by Crippen LogP contribution is -2.28. The smallest absolute Gasteiger partial charge is 0.261 e. The zero-order chi connectivity index (χ0) is 27.8. The van der Waals surface area contributed by atoms with Crippen molar-refractivity contribution >= 4 is 25.9 Å². The van der Waals surface area contributed by atoms with Crippen molar-refractivity contribution in [1.82, 2.24) is 4.90 Å². The number of hydrogen-bond donors (Lipinski definition) is 2. The van der Waals surface area contributed by atoms with Gasteiger partial charge in [-0.1, -0.05) is 24.3 Å². The van der Waals surface area contributed by atoms with Crippen LogP contribution in [0.3, 0.4) is 0 Å². The maximum absolute atomic E-state index is 9.19. The first-order valence-corrected chi connectivity index (χ1v) is 15.9. The molecule has 11 heteroatoms. The Kier molecular flexibility index (Phi) is 11.4. The molecule has 9 nitrogen and oxygen atoms in total. The van der Waals surface area contributed by atoms with Gasteiger partial charge in [0.1, 0.15) is 5.75 Å². The Morgan fingerprint density at radius 3 is 2.32 bits per heavy atom. The quantitative estimate of drug-likeness (QED) is 0.516. The number of hydrogen-bond acceptors (Lipinski definition) is 7. The molecule has 0 unspecified atom stereocenters. The van der Waals surface area contributed by atoms with Gasteiger partial charge in [0.2, 0.25) is 0 Å². The second kappa shape index (κ2) is 13.6. The van der Waals surface area contributed by atoms with Crippen molar-refractivity contribution in [2.45, 2.75) is 38.0 Å². The standard InChI is InChI=1S/C24H32N2O.2CH4O3S/c1-25(14-12-18-10-11-23-19(16-18)13-15-26(23)2)17-20-6-4-8-22-21(20)7-5-9-24(22)27-3;2*1-5(2,3)4/h5,7,9-11,16,20H,4,6,8,12-15,17H2,1-3H3;2*1H3,(H,2,3,4)/t20-;;/m0../s1. The van der Waals surface area contributed by atoms with Crippen LogP contribution in [-0.4, -0.2) is 84.2 Å². The highest BCUT2D eigenvalue weighted by Crippen LogP contribution is 2.37. The summed E-state index contributed by atoms with van der Waals surface area (Å²) >= 11 is 0. The molecule has 2 aliphatic rings. The molecule has 1 aliphatic heterocycles. The van der Waals surface area contributed by atoms with E-state index in [1.54, 1.807) is 7.11 Å². The summed E-state index contributed by atoms with van der Waals surface area (Å²) < 4.78 is 57.3. The van der Waals surface area contributed by atoms with Crippen LogP contribution < -0.4 is 9.64 Å². The number of fused-ring (bicyclic) bond motifs is 2. The summed E-state index contributed by atoms with van der Waals surface area (Å²) in [5.41, 5.74) is 7.35. The summed E-state index contributed by atoms with van der Waals surface area (Å²) in [4.78, 5) is 4.87. The molecule has 2 N–H and O–H groups in total. The summed E-state index contributed by atoms with van der Waals surface area (Å²) in [5, 5.41) is 0. The van der Waals surface area contributed by atoms with Crippen LogP contribution in [0, 0.1) is 0 Å². The number of rotatable bonds is 6. The van der Waals surface area contributed by atoms with Gasteiger partial charge in [-0.05, 0) is 79.5 Å². The van der Waals surface area contributed by atoms with E-state index in [0.717, 1.165) is 38.2 Å². The first kappa shape index (κ1) is 31.0. The highest BCUT2D eigenvalue weighted by molar-refractivity contribution is 7.85. The Balaban J connectivity index is 0.000000412. The largest absolute Gasteiger partial charge is 0.496 e. The first-order chi connectivity index (χ1) is 17.2. The van der Waals surface area contributed by atoms with Crippen LogP contribution in [0.5, 0.6) is 5.75 Å². The molecule has 0 radical (unpaired) electrons. The van der Waals surface area contributed by atoms with Gasteiger partial charge in [0.25, 0.3) is 20.2 Å². The molecule has 0 fully saturated rings. The Morgan fingerprint density at radius 2 is 1.70 bits per heavy atom. The maximum atomic E-state index is 9.19. The molecule has 0 amide bonds. The van der Waals surface area contributed by atoms with Gasteiger partial charge in [-0.15, -0.1) is 0 Å². The van der Waals surface area contributed by atoms with E-state index in [-0.39, 0.29) is 0 Å². The van der Waals surface area contributed by atoms with E-state index in [9.17, 15) is 16.8 Å². The third-order valence-electron chi connectivity index (χ3n) is 6.39. The van der Waals surface area contributed by atoms with Crippen molar-refractivity contribution < 1.29 is 30.7 Å². The SMILES string of the molecule is COc1cccc2c1CCC[C@H]2CN(C)CCc1ccc2c(c1)CCN2C.CS(=O)(=O)O.CS(=O)(=O)O. The van der Waals surface area contributed by atoms with Crippen molar-refractivity contribution in [3.05, 3.63) is 58.7 Å². The molecule has 0 spiro atoms. The van der Waals surface area contributed by atoms with E-state index in [1.807, 2.05) is 0 Å². The lowest BCUT2D eigenvalue weighted by molar-refractivity contribution is 0.299. The van der Waals surface area contributed by atoms with Crippen LogP contribution in [0.25, 0.3) is 0 Å². The topological polar surface area (TPSA) is 124 Å². The minimum absolute atomic E-state index is 0.627. The van der Waals surface area contributed by atoms with E-state index in [0.29, 0.717) is 18.4 Å². The van der Waals surface area contributed by atoms with Crippen molar-refractivity contribution in [2.24, 2.45) is 0 Å². The zero-order valence-electron chi connectivity index (χ0n) is 22.3. The van der Waals surface area contributed by atoms with Gasteiger partial charge in [-0.3, -0.25) is 9.11 Å². The Bertz CT molecular complexity index is 1200. The van der Waals surface area contributed by atoms with Gasteiger partial charge in [0, 0.05) is 32.4 Å². The van der Waals surface area contributed by atoms with E-state index in [1.165, 1.54) is 47.2 Å². The van der Waals surface area contributed by atoms with Crippen molar-refractivity contribution in [3.8, 4) is 5.75 Å². The summed E-state index contributed by atoms with van der Waals surface area (Å²) in [6.07, 6.45) is 7.46. The average Bonchev–Trinajstić information content (AvgIpc) is 3.15. The van der Waals surface area contributed by atoms with Crippen LogP contribution >= 0.6 is 0 Å². The monoisotopic (exact) mass is 556 g/mol. The maximum Gasteiger partial charge on any atom is 0.261 e. The fraction of sp³-hybridized carbons (Fsp3) is 0.538. The molecule has 0 bridgehead atoms. The van der Waals surface area contributed by atoms with E-state index in [2.05, 4.69) is 60.3 Å². The minimum atomic E-state index is -3.67. The third-order valence-corrected chi connectivity index (χ3v) is 6.39. The van der Waals surface area contributed by atoms with Crippen LogP contribution in [0.1, 0.15) is 41.0 Å². The molecule has 0 saturated heterocycles. The predicted molar refractivity (Wildman–Crippen MR) is 148 cm³/mol. The number of benzene rings is 2. The van der Waals surface area contributed by atoms with Crippen LogP contribution in [0.4, 0.5) is 5.69 Å². The molecular formula is C26H40N2O7S2. The van der Waals surface area contributed by atoms with Crippen molar-refractivity contribution in [3.63, 3.8) is 0 Å². The second-order valence-electron chi connectivity index (χ2n) is 9.73. The molecule has 208 valence electrons. The Labute approximate surface area is 221 Å². The van der Waals surface area contributed by atoms with Crippen LogP contribution in [0.2, 0.25) is 0 Å². The molecular weight excluding hydrogens is 516 g/mol. The molecule has 37 heavy (non-hydrogen) atoms. The van der Waals surface area contributed by atoms with Gasteiger partial charge < -0.3 is 14.5 Å². The molecule has 2 aromatic carbocycles. The number of ether oxygens (including phenoxy) is 1. The summed E-state index contributed by atoms with van der Waals surface area (Å²) in [6, 6.07) is 13.6. The van der Waals surface area contributed by atoms with Crippen LogP contribution in [-0.2, 0) is 39.5 Å². The lowest BCUT2D eigenvalue weighted by Gasteiger charge is -2.30. The Hall–Kier alpha value is -2.18. The molecule has 0 aromatic heterocycles. The summed E-state index contributed by atoms with van der Waals surface area (Å²) in [5.74, 6) is 1.70. The van der Waals surface area contributed by atoms with Gasteiger partial charge in [0.15, 0.2) is 0 Å². The highest BCUT2D eigenvalue weighted by Gasteiger charge is 2.24. The number of methoxy groups -OCH3 is 1. The predicted octanol–water partition coefficient (Wildman–Crippen LogP) is 3.29. The molecule has 1 aliphatic carbocycles. The lowest BCUT2D eigenvalue weighted by atomic mass is 9.82. The zero-order valence-corrected chi connectivity index (χ0v) is 24.0. The Morgan fingerprint density at radius 1 is 1.05 bits per heavy atom. The number of anilines is 1. The third kappa shape index (κ3) is 11.4. The fourth-order valence-electron chi connectivity index (χ4n) is 4.86. The van der Waals surface area contributed by atoms with Gasteiger partial charge >= 0.3 is 0 Å². The summed E-state index contributed by atoms with van der Waals surface area (Å²) in [7, 11) is -1.08. The summed E-state index contributed by atoms with van der Waals surface area (Å²) in [6.45, 7) is 3.40. The van der Waals surface area contributed by atoms with Gasteiger partial charge in [0.05, 0.1) is 19.6 Å². The molecule has 1 atom stereocenters. The van der Waals surface area contributed by atoms with Crippen molar-refractivity contribution in [1.29, 1.82) is 0 Å². The van der Waals surface area contributed by atoms with E-state index in [4.69, 9.17) is 13.8 Å². The average molecular weight is 557 g/mol. The molecule has 4 rings (SSSR count). The highest BCUT2D eigenvalue weighted by atomic mass is 32.2.